The zero-order valence-corrected chi connectivity index (χ0v) is 21.0. The molecule has 1 aliphatic rings. The first-order valence-corrected chi connectivity index (χ1v) is 13.1. The molecule has 2 unspecified atom stereocenters. The molecule has 2 amide bonds. The molecule has 2 atom stereocenters. The Morgan fingerprint density at radius 1 is 1.09 bits per heavy atom. The van der Waals surface area contributed by atoms with Crippen LogP contribution in [0.15, 0.2) is 42.5 Å². The number of amides is 2. The summed E-state index contributed by atoms with van der Waals surface area (Å²) in [7, 11) is 2.16. The third kappa shape index (κ3) is 8.91. The molecule has 0 bridgehead atoms. The minimum atomic E-state index is -0.810. The minimum absolute atomic E-state index is 0.0611. The number of hydrogen-bond acceptors (Lipinski definition) is 5. The predicted molar refractivity (Wildman–Crippen MR) is 141 cm³/mol. The van der Waals surface area contributed by atoms with Crippen LogP contribution in [0, 0.1) is 0 Å². The highest BCUT2D eigenvalue weighted by molar-refractivity contribution is 5.88. The van der Waals surface area contributed by atoms with Crippen molar-refractivity contribution in [2.24, 2.45) is 5.73 Å². The monoisotopic (exact) mass is 482 g/mol. The third-order valence-electron chi connectivity index (χ3n) is 7.05. The first kappa shape index (κ1) is 27.1. The number of nitrogens with two attached hydrogens (primary N) is 1. The van der Waals surface area contributed by atoms with E-state index < -0.39 is 12.1 Å². The first-order chi connectivity index (χ1) is 17.0. The molecule has 2 aromatic rings. The largest absolute Gasteiger partial charge is 0.390 e. The highest BCUT2D eigenvalue weighted by Crippen LogP contribution is 2.21. The number of rotatable bonds is 12. The Kier molecular flexibility index (Phi) is 11.0. The van der Waals surface area contributed by atoms with Gasteiger partial charge >= 0.3 is 0 Å². The zero-order valence-electron chi connectivity index (χ0n) is 21.0. The number of nitrogens with one attached hydrogen (secondary N) is 2. The molecule has 1 fully saturated rings. The molecule has 2 aromatic carbocycles. The van der Waals surface area contributed by atoms with Crippen molar-refractivity contribution in [2.45, 2.75) is 76.0 Å². The van der Waals surface area contributed by atoms with Gasteiger partial charge < -0.3 is 26.4 Å². The number of fused-ring (bicyclic) bond motifs is 1. The van der Waals surface area contributed by atoms with Crippen LogP contribution in [0.25, 0.3) is 10.8 Å². The topological polar surface area (TPSA) is 108 Å². The van der Waals surface area contributed by atoms with Crippen molar-refractivity contribution in [1.82, 2.24) is 15.5 Å². The second-order valence-corrected chi connectivity index (χ2v) is 9.87. The number of aliphatic hydroxyl groups is 1. The summed E-state index contributed by atoms with van der Waals surface area (Å²) >= 11 is 0. The summed E-state index contributed by atoms with van der Waals surface area (Å²) in [6.07, 6.45) is 8.43. The van der Waals surface area contributed by atoms with Crippen molar-refractivity contribution in [3.63, 3.8) is 0 Å². The highest BCUT2D eigenvalue weighted by atomic mass is 16.3. The summed E-state index contributed by atoms with van der Waals surface area (Å²) in [6, 6.07) is 14.0. The van der Waals surface area contributed by atoms with Gasteiger partial charge in [0.2, 0.25) is 11.8 Å². The molecule has 0 aromatic heterocycles. The van der Waals surface area contributed by atoms with Gasteiger partial charge in [-0.2, -0.15) is 0 Å². The van der Waals surface area contributed by atoms with E-state index in [0.717, 1.165) is 29.3 Å². The van der Waals surface area contributed by atoms with Gasteiger partial charge in [-0.25, -0.2) is 0 Å². The van der Waals surface area contributed by atoms with Crippen LogP contribution in [0.5, 0.6) is 0 Å². The fourth-order valence-electron chi connectivity index (χ4n) is 4.87. The molecule has 0 heterocycles. The van der Waals surface area contributed by atoms with Gasteiger partial charge in [0.15, 0.2) is 0 Å². The molecule has 5 N–H and O–H groups in total. The van der Waals surface area contributed by atoms with Crippen molar-refractivity contribution in [2.75, 3.05) is 26.7 Å². The van der Waals surface area contributed by atoms with E-state index in [1.807, 2.05) is 36.4 Å². The van der Waals surface area contributed by atoms with Crippen LogP contribution in [0.1, 0.15) is 56.9 Å². The SMILES string of the molecule is CN(CCCC(=O)NC(Cc1ccc2ccccc2c1)C(=O)NCC(O)CN)C1CCCCCC1. The zero-order chi connectivity index (χ0) is 25.0. The van der Waals surface area contributed by atoms with E-state index in [2.05, 4.69) is 28.6 Å². The van der Waals surface area contributed by atoms with Crippen molar-refractivity contribution >= 4 is 22.6 Å². The van der Waals surface area contributed by atoms with Gasteiger partial charge in [0.25, 0.3) is 0 Å². The van der Waals surface area contributed by atoms with Crippen molar-refractivity contribution in [1.29, 1.82) is 0 Å². The van der Waals surface area contributed by atoms with Crippen LogP contribution in [0.2, 0.25) is 0 Å². The van der Waals surface area contributed by atoms with Crippen molar-refractivity contribution < 1.29 is 14.7 Å². The van der Waals surface area contributed by atoms with E-state index in [1.54, 1.807) is 0 Å². The summed E-state index contributed by atoms with van der Waals surface area (Å²) in [5.41, 5.74) is 6.43. The first-order valence-electron chi connectivity index (χ1n) is 13.1. The summed E-state index contributed by atoms with van der Waals surface area (Å²) in [4.78, 5) is 28.1. The molecular formula is C28H42N4O3. The Bertz CT molecular complexity index is 943. The van der Waals surface area contributed by atoms with Crippen LogP contribution in [-0.2, 0) is 16.0 Å². The molecule has 7 nitrogen and oxygen atoms in total. The van der Waals surface area contributed by atoms with Gasteiger partial charge in [-0.1, -0.05) is 68.1 Å². The third-order valence-corrected chi connectivity index (χ3v) is 7.05. The van der Waals surface area contributed by atoms with Crippen LogP contribution in [0.4, 0.5) is 0 Å². The second-order valence-electron chi connectivity index (χ2n) is 9.87. The van der Waals surface area contributed by atoms with Crippen LogP contribution < -0.4 is 16.4 Å². The van der Waals surface area contributed by atoms with Gasteiger partial charge in [0.1, 0.15) is 6.04 Å². The Balaban J connectivity index is 1.57. The second kappa shape index (κ2) is 14.2. The lowest BCUT2D eigenvalue weighted by Crippen LogP contribution is -2.50. The Morgan fingerprint density at radius 3 is 2.51 bits per heavy atom. The molecule has 0 aliphatic heterocycles. The number of aliphatic hydroxyl groups excluding tert-OH is 1. The van der Waals surface area contributed by atoms with Gasteiger partial charge in [-0.3, -0.25) is 9.59 Å². The number of carbonyl (C=O) groups is 2. The number of carbonyl (C=O) groups excluding carboxylic acids is 2. The van der Waals surface area contributed by atoms with Gasteiger partial charge in [-0.05, 0) is 49.2 Å². The lowest BCUT2D eigenvalue weighted by atomic mass is 10.0. The Morgan fingerprint density at radius 2 is 1.80 bits per heavy atom. The normalized spacial score (nSPS) is 16.6. The molecule has 7 heteroatoms. The summed E-state index contributed by atoms with van der Waals surface area (Å²) in [5, 5.41) is 17.6. The van der Waals surface area contributed by atoms with E-state index in [1.165, 1.54) is 38.5 Å². The van der Waals surface area contributed by atoms with E-state index in [-0.39, 0.29) is 24.9 Å². The maximum Gasteiger partial charge on any atom is 0.243 e. The summed E-state index contributed by atoms with van der Waals surface area (Å²) in [5.74, 6) is -0.436. The summed E-state index contributed by atoms with van der Waals surface area (Å²) < 4.78 is 0. The highest BCUT2D eigenvalue weighted by Gasteiger charge is 2.22. The predicted octanol–water partition coefficient (Wildman–Crippen LogP) is 2.74. The number of nitrogens with zero attached hydrogens (tertiary/aromatic N) is 1. The molecule has 35 heavy (non-hydrogen) atoms. The summed E-state index contributed by atoms with van der Waals surface area (Å²) in [6.45, 7) is 1.00. The van der Waals surface area contributed by atoms with Crippen LogP contribution in [0.3, 0.4) is 0 Å². The van der Waals surface area contributed by atoms with Crippen LogP contribution >= 0.6 is 0 Å². The van der Waals surface area contributed by atoms with Gasteiger partial charge in [0.05, 0.1) is 6.10 Å². The Labute approximate surface area is 209 Å². The molecular weight excluding hydrogens is 440 g/mol. The lowest BCUT2D eigenvalue weighted by Gasteiger charge is -2.27. The molecule has 3 rings (SSSR count). The smallest absolute Gasteiger partial charge is 0.243 e. The maximum atomic E-state index is 12.9. The Hall–Kier alpha value is -2.48. The molecule has 0 radical (unpaired) electrons. The molecule has 0 saturated heterocycles. The molecule has 192 valence electrons. The van der Waals surface area contributed by atoms with Crippen molar-refractivity contribution in [3.05, 3.63) is 48.0 Å². The van der Waals surface area contributed by atoms with Crippen molar-refractivity contribution in [3.8, 4) is 0 Å². The van der Waals surface area contributed by atoms with E-state index >= 15 is 0 Å². The number of benzene rings is 2. The minimum Gasteiger partial charge on any atom is -0.390 e. The van der Waals surface area contributed by atoms with Gasteiger partial charge in [0, 0.05) is 32.0 Å². The molecule has 1 aliphatic carbocycles. The average molecular weight is 483 g/mol. The lowest BCUT2D eigenvalue weighted by molar-refractivity contribution is -0.129. The fourth-order valence-corrected chi connectivity index (χ4v) is 4.87. The molecule has 0 spiro atoms. The number of hydrogen-bond donors (Lipinski definition) is 4. The average Bonchev–Trinajstić information content (AvgIpc) is 3.16. The standard InChI is InChI=1S/C28H42N4O3/c1-32(24-11-4-2-3-5-12-24)16-8-13-27(34)31-26(28(35)30-20-25(33)19-29)18-21-14-15-22-9-6-7-10-23(22)17-21/h6-7,9-10,14-15,17,24-26,33H,2-5,8,11-13,16,18-20,29H2,1H3,(H,30,35)(H,31,34). The van der Waals surface area contributed by atoms with Crippen LogP contribution in [-0.4, -0.2) is 66.7 Å². The maximum absolute atomic E-state index is 12.9. The van der Waals surface area contributed by atoms with E-state index in [0.29, 0.717) is 18.9 Å². The quantitative estimate of drug-likeness (QED) is 0.348. The van der Waals surface area contributed by atoms with E-state index in [4.69, 9.17) is 5.73 Å². The molecule has 1 saturated carbocycles. The van der Waals surface area contributed by atoms with Gasteiger partial charge in [-0.15, -0.1) is 0 Å². The van der Waals surface area contributed by atoms with E-state index in [9.17, 15) is 14.7 Å². The fraction of sp³-hybridized carbons (Fsp3) is 0.571.